The number of rotatable bonds is 5. The molecule has 0 aliphatic rings. The number of nitrogens with one attached hydrogen (secondary N) is 2. The van der Waals surface area contributed by atoms with Crippen molar-refractivity contribution in [3.05, 3.63) is 54.1 Å². The summed E-state index contributed by atoms with van der Waals surface area (Å²) in [4.78, 5) is 11.9. The van der Waals surface area contributed by atoms with Crippen LogP contribution in [0.1, 0.15) is 5.56 Å². The number of hydrogen-bond donors (Lipinski definition) is 2. The molecule has 0 saturated heterocycles. The number of amides is 1. The third-order valence-corrected chi connectivity index (χ3v) is 2.85. The number of aryl methyl sites for hydroxylation is 1. The summed E-state index contributed by atoms with van der Waals surface area (Å²) < 4.78 is 5.19. The number of anilines is 2. The van der Waals surface area contributed by atoms with Crippen LogP contribution in [0.2, 0.25) is 0 Å². The molecule has 0 unspecified atom stereocenters. The van der Waals surface area contributed by atoms with Crippen LogP contribution in [0, 0.1) is 6.92 Å². The molecule has 0 aliphatic heterocycles. The number of carbonyl (C=O) groups excluding carboxylic acids is 1. The van der Waals surface area contributed by atoms with Crippen molar-refractivity contribution >= 4 is 17.3 Å². The first kappa shape index (κ1) is 13.9. The molecular weight excluding hydrogens is 252 g/mol. The third-order valence-electron chi connectivity index (χ3n) is 2.85. The van der Waals surface area contributed by atoms with Crippen molar-refractivity contribution in [1.29, 1.82) is 0 Å². The van der Waals surface area contributed by atoms with Gasteiger partial charge in [0.2, 0.25) is 5.91 Å². The van der Waals surface area contributed by atoms with Gasteiger partial charge in [-0.1, -0.05) is 24.3 Å². The van der Waals surface area contributed by atoms with Gasteiger partial charge in [0.05, 0.1) is 19.3 Å². The van der Waals surface area contributed by atoms with Crippen LogP contribution in [0.5, 0.6) is 5.75 Å². The molecule has 0 atom stereocenters. The average molecular weight is 270 g/mol. The molecule has 20 heavy (non-hydrogen) atoms. The maximum absolute atomic E-state index is 11.9. The maximum atomic E-state index is 11.9. The van der Waals surface area contributed by atoms with Crippen LogP contribution in [0.4, 0.5) is 11.4 Å². The fourth-order valence-corrected chi connectivity index (χ4v) is 1.88. The molecule has 0 aliphatic carbocycles. The maximum Gasteiger partial charge on any atom is 0.243 e. The van der Waals surface area contributed by atoms with E-state index in [-0.39, 0.29) is 12.5 Å². The van der Waals surface area contributed by atoms with E-state index in [0.717, 1.165) is 11.3 Å². The molecule has 0 spiro atoms. The Morgan fingerprint density at radius 3 is 2.70 bits per heavy atom. The topological polar surface area (TPSA) is 50.4 Å². The predicted molar refractivity (Wildman–Crippen MR) is 81.3 cm³/mol. The quantitative estimate of drug-likeness (QED) is 0.878. The summed E-state index contributed by atoms with van der Waals surface area (Å²) in [6.45, 7) is 2.22. The Labute approximate surface area is 118 Å². The summed E-state index contributed by atoms with van der Waals surface area (Å²) in [5.74, 6) is 0.535. The molecule has 2 aromatic rings. The first-order valence-corrected chi connectivity index (χ1v) is 6.42. The molecule has 0 saturated carbocycles. The number of methoxy groups -OCH3 is 1. The van der Waals surface area contributed by atoms with Crippen LogP contribution in [-0.4, -0.2) is 19.6 Å². The lowest BCUT2D eigenvalue weighted by Gasteiger charge is -2.11. The van der Waals surface area contributed by atoms with Crippen LogP contribution in [0.3, 0.4) is 0 Å². The van der Waals surface area contributed by atoms with Crippen molar-refractivity contribution < 1.29 is 9.53 Å². The first-order valence-electron chi connectivity index (χ1n) is 6.42. The second-order valence-corrected chi connectivity index (χ2v) is 4.47. The van der Waals surface area contributed by atoms with Crippen LogP contribution in [0.25, 0.3) is 0 Å². The Morgan fingerprint density at radius 1 is 1.15 bits per heavy atom. The molecule has 0 heterocycles. The monoisotopic (exact) mass is 270 g/mol. The predicted octanol–water partition coefficient (Wildman–Crippen LogP) is 3.05. The molecule has 0 bridgehead atoms. The molecular formula is C16H18N2O2. The van der Waals surface area contributed by atoms with Gasteiger partial charge < -0.3 is 15.4 Å². The normalized spacial score (nSPS) is 9.90. The zero-order valence-corrected chi connectivity index (χ0v) is 11.6. The Balaban J connectivity index is 1.93. The van der Waals surface area contributed by atoms with E-state index in [0.29, 0.717) is 11.4 Å². The van der Waals surface area contributed by atoms with E-state index in [1.807, 2.05) is 55.5 Å². The summed E-state index contributed by atoms with van der Waals surface area (Å²) in [6, 6.07) is 15.2. The Bertz CT molecular complexity index is 597. The van der Waals surface area contributed by atoms with E-state index in [2.05, 4.69) is 10.6 Å². The van der Waals surface area contributed by atoms with Gasteiger partial charge >= 0.3 is 0 Å². The minimum absolute atomic E-state index is 0.115. The van der Waals surface area contributed by atoms with Crippen LogP contribution in [0.15, 0.2) is 48.5 Å². The van der Waals surface area contributed by atoms with E-state index in [4.69, 9.17) is 4.74 Å². The largest absolute Gasteiger partial charge is 0.495 e. The smallest absolute Gasteiger partial charge is 0.243 e. The number of ether oxygens (including phenoxy) is 1. The number of para-hydroxylation sites is 2. The highest BCUT2D eigenvalue weighted by Crippen LogP contribution is 2.22. The highest BCUT2D eigenvalue weighted by atomic mass is 16.5. The van der Waals surface area contributed by atoms with Gasteiger partial charge in [-0.15, -0.1) is 0 Å². The summed E-state index contributed by atoms with van der Waals surface area (Å²) >= 11 is 0. The lowest BCUT2D eigenvalue weighted by atomic mass is 10.2. The number of hydrogen-bond acceptors (Lipinski definition) is 3. The lowest BCUT2D eigenvalue weighted by molar-refractivity contribution is -0.114. The Morgan fingerprint density at radius 2 is 1.95 bits per heavy atom. The minimum Gasteiger partial charge on any atom is -0.495 e. The minimum atomic E-state index is -0.115. The summed E-state index contributed by atoms with van der Waals surface area (Å²) in [5.41, 5.74) is 2.76. The van der Waals surface area contributed by atoms with Crippen LogP contribution in [-0.2, 0) is 4.79 Å². The van der Waals surface area contributed by atoms with Crippen molar-refractivity contribution in [2.75, 3.05) is 24.3 Å². The summed E-state index contributed by atoms with van der Waals surface area (Å²) in [6.07, 6.45) is 0. The zero-order chi connectivity index (χ0) is 14.4. The van der Waals surface area contributed by atoms with Gasteiger partial charge in [0, 0.05) is 5.69 Å². The fraction of sp³-hybridized carbons (Fsp3) is 0.188. The average Bonchev–Trinajstić information content (AvgIpc) is 2.46. The molecule has 1 amide bonds. The zero-order valence-electron chi connectivity index (χ0n) is 11.6. The van der Waals surface area contributed by atoms with E-state index in [9.17, 15) is 4.79 Å². The highest BCUT2D eigenvalue weighted by molar-refractivity contribution is 5.95. The Hall–Kier alpha value is -2.49. The standard InChI is InChI=1S/C16H18N2O2/c1-12-6-5-7-13(10-12)17-11-16(19)18-14-8-3-4-9-15(14)20-2/h3-10,17H,11H2,1-2H3,(H,18,19). The van der Waals surface area contributed by atoms with E-state index < -0.39 is 0 Å². The van der Waals surface area contributed by atoms with Crippen molar-refractivity contribution in [3.8, 4) is 5.75 Å². The lowest BCUT2D eigenvalue weighted by Crippen LogP contribution is -2.22. The van der Waals surface area contributed by atoms with E-state index in [1.54, 1.807) is 7.11 Å². The number of benzene rings is 2. The van der Waals surface area contributed by atoms with Crippen molar-refractivity contribution in [1.82, 2.24) is 0 Å². The molecule has 4 heteroatoms. The van der Waals surface area contributed by atoms with Gasteiger partial charge in [-0.3, -0.25) is 4.79 Å². The van der Waals surface area contributed by atoms with Crippen molar-refractivity contribution in [2.24, 2.45) is 0 Å². The van der Waals surface area contributed by atoms with Gasteiger partial charge in [-0.05, 0) is 36.8 Å². The summed E-state index contributed by atoms with van der Waals surface area (Å²) in [7, 11) is 1.58. The third kappa shape index (κ3) is 3.75. The van der Waals surface area contributed by atoms with Gasteiger partial charge in [-0.2, -0.15) is 0 Å². The number of carbonyl (C=O) groups is 1. The molecule has 0 radical (unpaired) electrons. The summed E-state index contributed by atoms with van der Waals surface area (Å²) in [5, 5.41) is 5.91. The van der Waals surface area contributed by atoms with Crippen LogP contribution >= 0.6 is 0 Å². The highest BCUT2D eigenvalue weighted by Gasteiger charge is 2.06. The molecule has 0 fully saturated rings. The van der Waals surface area contributed by atoms with Gasteiger partial charge in [0.25, 0.3) is 0 Å². The molecule has 4 nitrogen and oxygen atoms in total. The molecule has 2 aromatic carbocycles. The van der Waals surface area contributed by atoms with Crippen LogP contribution < -0.4 is 15.4 Å². The molecule has 2 rings (SSSR count). The van der Waals surface area contributed by atoms with Gasteiger partial charge in [0.15, 0.2) is 0 Å². The Kier molecular flexibility index (Phi) is 4.60. The molecule has 104 valence electrons. The second kappa shape index (κ2) is 6.61. The van der Waals surface area contributed by atoms with Gasteiger partial charge in [-0.25, -0.2) is 0 Å². The van der Waals surface area contributed by atoms with Gasteiger partial charge in [0.1, 0.15) is 5.75 Å². The fourth-order valence-electron chi connectivity index (χ4n) is 1.88. The first-order chi connectivity index (χ1) is 9.69. The van der Waals surface area contributed by atoms with Crippen molar-refractivity contribution in [3.63, 3.8) is 0 Å². The second-order valence-electron chi connectivity index (χ2n) is 4.47. The SMILES string of the molecule is COc1ccccc1NC(=O)CNc1cccc(C)c1. The molecule has 2 N–H and O–H groups in total. The van der Waals surface area contributed by atoms with E-state index in [1.165, 1.54) is 0 Å². The van der Waals surface area contributed by atoms with Crippen molar-refractivity contribution in [2.45, 2.75) is 6.92 Å². The molecule has 0 aromatic heterocycles. The van der Waals surface area contributed by atoms with E-state index >= 15 is 0 Å².